The summed E-state index contributed by atoms with van der Waals surface area (Å²) < 4.78 is 21.3. The van der Waals surface area contributed by atoms with E-state index < -0.39 is 30.1 Å². The molecule has 168 valence electrons. The molecule has 2 fully saturated rings. The Labute approximate surface area is 185 Å². The first-order valence-corrected chi connectivity index (χ1v) is 11.2. The summed E-state index contributed by atoms with van der Waals surface area (Å²) in [5.41, 5.74) is 0.942. The smallest absolute Gasteiger partial charge is 0.306 e. The molecule has 2 saturated carbocycles. The minimum Gasteiger partial charge on any atom is -0.460 e. The third-order valence-corrected chi connectivity index (χ3v) is 6.02. The zero-order valence-electron chi connectivity index (χ0n) is 21.1. The van der Waals surface area contributed by atoms with Gasteiger partial charge in [-0.3, -0.25) is 4.79 Å². The third-order valence-electron chi connectivity index (χ3n) is 6.02. The predicted octanol–water partition coefficient (Wildman–Crippen LogP) is 4.80. The fourth-order valence-corrected chi connectivity index (χ4v) is 4.56. The molecule has 0 radical (unpaired) electrons. The highest BCUT2D eigenvalue weighted by atomic mass is 16.6. The van der Waals surface area contributed by atoms with E-state index in [2.05, 4.69) is 17.9 Å². The largest absolute Gasteiger partial charge is 0.460 e. The Morgan fingerprint density at radius 2 is 2.13 bits per heavy atom. The van der Waals surface area contributed by atoms with Gasteiger partial charge in [0.05, 0.1) is 12.2 Å². The van der Waals surface area contributed by atoms with Crippen LogP contribution in [-0.4, -0.2) is 34.0 Å². The number of fused-ring (bicyclic) bond motifs is 1. The molecule has 2 rings (SSSR count). The molecule has 0 bridgehead atoms. The highest BCUT2D eigenvalue weighted by molar-refractivity contribution is 5.69. The quantitative estimate of drug-likeness (QED) is 0.257. The number of unbranched alkanes of at least 4 members (excludes halogenated alkanes) is 1. The van der Waals surface area contributed by atoms with Crippen molar-refractivity contribution < 1.29 is 22.5 Å². The van der Waals surface area contributed by atoms with Gasteiger partial charge >= 0.3 is 5.97 Å². The number of allylic oxidation sites excluding steroid dienone is 2. The van der Waals surface area contributed by atoms with Crippen molar-refractivity contribution >= 4 is 5.97 Å². The van der Waals surface area contributed by atoms with Crippen molar-refractivity contribution in [2.24, 2.45) is 23.7 Å². The molecular formula is C26H40O4. The lowest BCUT2D eigenvalue weighted by Gasteiger charge is -2.19. The fraction of sp³-hybridized carbons (Fsp3) is 0.731. The van der Waals surface area contributed by atoms with E-state index in [1.807, 2.05) is 26.8 Å². The van der Waals surface area contributed by atoms with Crippen LogP contribution in [-0.2, 0) is 9.53 Å². The number of aliphatic hydroxyl groups is 2. The Morgan fingerprint density at radius 1 is 1.40 bits per heavy atom. The molecule has 0 amide bonds. The van der Waals surface area contributed by atoms with Gasteiger partial charge in [0.1, 0.15) is 5.60 Å². The van der Waals surface area contributed by atoms with Crippen molar-refractivity contribution in [1.29, 1.82) is 0 Å². The molecule has 0 heterocycles. The molecule has 1 unspecified atom stereocenters. The molecule has 0 aromatic rings. The Bertz CT molecular complexity index is 769. The van der Waals surface area contributed by atoms with Gasteiger partial charge in [0.2, 0.25) is 0 Å². The second-order valence-electron chi connectivity index (χ2n) is 9.74. The lowest BCUT2D eigenvalue weighted by Crippen LogP contribution is -2.23. The van der Waals surface area contributed by atoms with Crippen molar-refractivity contribution in [1.82, 2.24) is 0 Å². The summed E-state index contributed by atoms with van der Waals surface area (Å²) in [5.74, 6) is 5.04. The fourth-order valence-electron chi connectivity index (χ4n) is 4.56. The molecule has 0 aromatic carbocycles. The molecule has 6 atom stereocenters. The summed E-state index contributed by atoms with van der Waals surface area (Å²) in [4.78, 5) is 11.8. The van der Waals surface area contributed by atoms with E-state index in [0.717, 1.165) is 32.1 Å². The van der Waals surface area contributed by atoms with Crippen LogP contribution in [0.3, 0.4) is 0 Å². The van der Waals surface area contributed by atoms with Crippen molar-refractivity contribution in [3.05, 3.63) is 23.8 Å². The predicted molar refractivity (Wildman–Crippen MR) is 120 cm³/mol. The summed E-state index contributed by atoms with van der Waals surface area (Å²) in [6, 6.07) is 0. The minimum absolute atomic E-state index is 0.0300. The summed E-state index contributed by atoms with van der Waals surface area (Å²) in [6.45, 7) is 8.86. The Hall–Kier alpha value is -1.57. The lowest BCUT2D eigenvalue weighted by atomic mass is 9.89. The van der Waals surface area contributed by atoms with E-state index in [1.165, 1.54) is 5.57 Å². The number of ether oxygens (including phenoxy) is 1. The van der Waals surface area contributed by atoms with E-state index in [4.69, 9.17) is 7.48 Å². The number of esters is 1. The molecule has 2 aliphatic rings. The third kappa shape index (κ3) is 7.60. The number of rotatable bonds is 8. The van der Waals surface area contributed by atoms with Crippen LogP contribution < -0.4 is 0 Å². The number of hydrogen-bond acceptors (Lipinski definition) is 4. The summed E-state index contributed by atoms with van der Waals surface area (Å²) in [5, 5.41) is 21.0. The van der Waals surface area contributed by atoms with Gasteiger partial charge in [0.15, 0.2) is 0 Å². The Morgan fingerprint density at radius 3 is 2.80 bits per heavy atom. The topological polar surface area (TPSA) is 66.8 Å². The number of carbonyl (C=O) groups is 1. The van der Waals surface area contributed by atoms with Gasteiger partial charge in [0, 0.05) is 21.5 Å². The summed E-state index contributed by atoms with van der Waals surface area (Å²) >= 11 is 0. The SMILES string of the molecule is [2H]C([2H])(C#CC)C(C)[C@H](O)/C=C/[C@@H]1[C@H]2C/C(=C/CCCC(=O)OC(C)(C)C)C[C@H]2C[C@H]1O. The first kappa shape index (κ1) is 21.7. The van der Waals surface area contributed by atoms with Crippen molar-refractivity contribution in [2.75, 3.05) is 0 Å². The zero-order valence-corrected chi connectivity index (χ0v) is 19.1. The second kappa shape index (κ2) is 11.2. The first-order valence-electron chi connectivity index (χ1n) is 12.2. The molecule has 2 aliphatic carbocycles. The summed E-state index contributed by atoms with van der Waals surface area (Å²) in [6.07, 6.45) is 7.31. The van der Waals surface area contributed by atoms with Crippen molar-refractivity contribution in [3.8, 4) is 11.8 Å². The van der Waals surface area contributed by atoms with Crippen LogP contribution in [0.1, 0.15) is 82.3 Å². The number of aliphatic hydroxyl groups excluding tert-OH is 2. The van der Waals surface area contributed by atoms with Gasteiger partial charge in [-0.05, 0) is 77.6 Å². The van der Waals surface area contributed by atoms with Gasteiger partial charge in [-0.15, -0.1) is 11.8 Å². The van der Waals surface area contributed by atoms with E-state index in [1.54, 1.807) is 19.9 Å². The molecule has 30 heavy (non-hydrogen) atoms. The van der Waals surface area contributed by atoms with E-state index in [-0.39, 0.29) is 11.9 Å². The van der Waals surface area contributed by atoms with Gasteiger partial charge in [-0.25, -0.2) is 0 Å². The summed E-state index contributed by atoms with van der Waals surface area (Å²) in [7, 11) is 0. The highest BCUT2D eigenvalue weighted by Crippen LogP contribution is 2.50. The molecular weight excluding hydrogens is 376 g/mol. The molecule has 4 heteroatoms. The number of hydrogen-bond donors (Lipinski definition) is 2. The maximum atomic E-state index is 11.8. The molecule has 4 nitrogen and oxygen atoms in total. The molecule has 2 N–H and O–H groups in total. The van der Waals surface area contributed by atoms with E-state index in [9.17, 15) is 15.0 Å². The van der Waals surface area contributed by atoms with Gasteiger partial charge < -0.3 is 14.9 Å². The van der Waals surface area contributed by atoms with Crippen molar-refractivity contribution in [3.63, 3.8) is 0 Å². The average molecular weight is 419 g/mol. The second-order valence-corrected chi connectivity index (χ2v) is 9.74. The Balaban J connectivity index is 1.89. The standard InChI is InChI=1S/C26H40O4/c1-6-7-10-18(2)23(27)14-13-21-22-16-19(15-20(22)17-24(21)28)11-8-9-12-25(29)30-26(3,4)5/h11,13-14,18,20-24,27-28H,8-10,12,15-17H2,1-5H3/b14-13+,19-11+/t18?,20-,21+,22-,23+,24+/m0/s1/i10D2. The molecule has 0 aliphatic heterocycles. The van der Waals surface area contributed by atoms with Gasteiger partial charge in [-0.2, -0.15) is 0 Å². The molecule has 0 saturated heterocycles. The zero-order chi connectivity index (χ0) is 24.1. The van der Waals surface area contributed by atoms with Crippen LogP contribution in [0.2, 0.25) is 0 Å². The Kier molecular flexibility index (Phi) is 8.06. The molecule has 0 aromatic heterocycles. The van der Waals surface area contributed by atoms with Crippen LogP contribution in [0.5, 0.6) is 0 Å². The van der Waals surface area contributed by atoms with E-state index >= 15 is 0 Å². The van der Waals surface area contributed by atoms with E-state index in [0.29, 0.717) is 18.3 Å². The maximum absolute atomic E-state index is 11.8. The monoisotopic (exact) mass is 418 g/mol. The van der Waals surface area contributed by atoms with Crippen LogP contribution in [0, 0.1) is 35.5 Å². The lowest BCUT2D eigenvalue weighted by molar-refractivity contribution is -0.154. The normalized spacial score (nSPS) is 31.0. The van der Waals surface area contributed by atoms with Crippen LogP contribution in [0.15, 0.2) is 23.8 Å². The van der Waals surface area contributed by atoms with Crippen LogP contribution >= 0.6 is 0 Å². The molecule has 0 spiro atoms. The average Bonchev–Trinajstić information content (AvgIpc) is 3.17. The highest BCUT2D eigenvalue weighted by Gasteiger charge is 2.44. The van der Waals surface area contributed by atoms with Crippen LogP contribution in [0.4, 0.5) is 0 Å². The van der Waals surface area contributed by atoms with Gasteiger partial charge in [0.25, 0.3) is 0 Å². The maximum Gasteiger partial charge on any atom is 0.306 e. The number of carbonyl (C=O) groups excluding carboxylic acids is 1. The minimum atomic E-state index is -1.77. The van der Waals surface area contributed by atoms with Crippen molar-refractivity contribution in [2.45, 2.75) is 97.3 Å². The van der Waals surface area contributed by atoms with Gasteiger partial charge in [-0.1, -0.05) is 30.7 Å². The first-order chi connectivity index (χ1) is 14.8. The van der Waals surface area contributed by atoms with Crippen LogP contribution in [0.25, 0.3) is 0 Å².